The average Bonchev–Trinajstić information content (AvgIpc) is 2.10. The maximum absolute atomic E-state index is 10.8. The molecule has 0 saturated heterocycles. The molecule has 0 aromatic heterocycles. The molecule has 1 aliphatic rings. The lowest BCUT2D eigenvalue weighted by Crippen LogP contribution is -2.17. The molecule has 1 aliphatic carbocycles. The van der Waals surface area contributed by atoms with Crippen molar-refractivity contribution in [3.8, 4) is 0 Å². The first-order chi connectivity index (χ1) is 4.61. The molecule has 0 aromatic rings. The van der Waals surface area contributed by atoms with E-state index < -0.39 is 11.9 Å². The van der Waals surface area contributed by atoms with E-state index in [2.05, 4.69) is 0 Å². The van der Waals surface area contributed by atoms with Crippen molar-refractivity contribution in [3.63, 3.8) is 0 Å². The quantitative estimate of drug-likeness (QED) is 0.548. The van der Waals surface area contributed by atoms with Crippen LogP contribution in [0.25, 0.3) is 0 Å². The number of hydrogen-bond acceptors (Lipinski definition) is 2. The van der Waals surface area contributed by atoms with Gasteiger partial charge in [-0.1, -0.05) is 6.92 Å². The second kappa shape index (κ2) is 2.40. The summed E-state index contributed by atoms with van der Waals surface area (Å²) in [5.74, 6) is -1.53. The largest absolute Gasteiger partial charge is 0.481 e. The molecule has 3 heteroatoms. The van der Waals surface area contributed by atoms with E-state index in [1.807, 2.05) is 6.92 Å². The lowest BCUT2D eigenvalue weighted by atomic mass is 10.1. The molecule has 0 amide bonds. The van der Waals surface area contributed by atoms with E-state index >= 15 is 0 Å². The highest BCUT2D eigenvalue weighted by Crippen LogP contribution is 2.26. The number of carboxylic acid groups (broad SMARTS) is 1. The summed E-state index contributed by atoms with van der Waals surface area (Å²) in [5.41, 5.74) is 0. The van der Waals surface area contributed by atoms with Gasteiger partial charge in [0.05, 0.1) is 0 Å². The fraction of sp³-hybridized carbons (Fsp3) is 0.714. The predicted molar refractivity (Wildman–Crippen MR) is 34.5 cm³/mol. The highest BCUT2D eigenvalue weighted by molar-refractivity contribution is 5.99. The van der Waals surface area contributed by atoms with Crippen molar-refractivity contribution < 1.29 is 14.7 Å². The lowest BCUT2D eigenvalue weighted by molar-refractivity contribution is -0.144. The fourth-order valence-electron chi connectivity index (χ4n) is 1.34. The Kier molecular flexibility index (Phi) is 1.74. The van der Waals surface area contributed by atoms with E-state index in [-0.39, 0.29) is 11.7 Å². The summed E-state index contributed by atoms with van der Waals surface area (Å²) in [7, 11) is 0. The normalized spacial score (nSPS) is 32.7. The zero-order valence-corrected chi connectivity index (χ0v) is 5.83. The molecule has 1 saturated carbocycles. The second-order valence-electron chi connectivity index (χ2n) is 2.90. The van der Waals surface area contributed by atoms with Crippen molar-refractivity contribution in [2.45, 2.75) is 19.8 Å². The molecule has 2 atom stereocenters. The summed E-state index contributed by atoms with van der Waals surface area (Å²) in [6, 6.07) is 0. The molecule has 0 aliphatic heterocycles. The number of hydrogen-bond donors (Lipinski definition) is 1. The third-order valence-corrected chi connectivity index (χ3v) is 1.87. The molecule has 1 N–H and O–H groups in total. The van der Waals surface area contributed by atoms with Crippen LogP contribution >= 0.6 is 0 Å². The monoisotopic (exact) mass is 142 g/mol. The third-order valence-electron chi connectivity index (χ3n) is 1.87. The van der Waals surface area contributed by atoms with Crippen LogP contribution in [0.15, 0.2) is 0 Å². The van der Waals surface area contributed by atoms with Crippen LogP contribution in [-0.4, -0.2) is 16.9 Å². The van der Waals surface area contributed by atoms with Gasteiger partial charge >= 0.3 is 5.97 Å². The summed E-state index contributed by atoms with van der Waals surface area (Å²) in [4.78, 5) is 21.2. The minimum atomic E-state index is -0.964. The Balaban J connectivity index is 2.63. The first-order valence-electron chi connectivity index (χ1n) is 3.36. The molecule has 1 rings (SSSR count). The van der Waals surface area contributed by atoms with E-state index in [4.69, 9.17) is 5.11 Å². The topological polar surface area (TPSA) is 54.4 Å². The van der Waals surface area contributed by atoms with Crippen molar-refractivity contribution in [3.05, 3.63) is 0 Å². The highest BCUT2D eigenvalue weighted by atomic mass is 16.4. The molecule has 0 aromatic carbocycles. The number of ketones is 1. The second-order valence-corrected chi connectivity index (χ2v) is 2.90. The van der Waals surface area contributed by atoms with Crippen LogP contribution in [-0.2, 0) is 9.59 Å². The van der Waals surface area contributed by atoms with E-state index in [1.54, 1.807) is 0 Å². The van der Waals surface area contributed by atoms with Crippen molar-refractivity contribution >= 4 is 11.8 Å². The van der Waals surface area contributed by atoms with Gasteiger partial charge in [0.1, 0.15) is 11.7 Å². The minimum Gasteiger partial charge on any atom is -0.481 e. The van der Waals surface area contributed by atoms with Crippen molar-refractivity contribution in [2.24, 2.45) is 11.8 Å². The van der Waals surface area contributed by atoms with Gasteiger partial charge in [-0.3, -0.25) is 9.59 Å². The van der Waals surface area contributed by atoms with Gasteiger partial charge < -0.3 is 5.11 Å². The van der Waals surface area contributed by atoms with Gasteiger partial charge in [0.25, 0.3) is 0 Å². The molecule has 0 bridgehead atoms. The summed E-state index contributed by atoms with van der Waals surface area (Å²) in [5, 5.41) is 8.48. The SMILES string of the molecule is CC1CC(=O)C(C(=O)O)C1. The maximum Gasteiger partial charge on any atom is 0.314 e. The van der Waals surface area contributed by atoms with E-state index in [0.717, 1.165) is 0 Å². The maximum atomic E-state index is 10.8. The third kappa shape index (κ3) is 1.17. The Morgan fingerprint density at radius 2 is 2.30 bits per heavy atom. The summed E-state index contributed by atoms with van der Waals surface area (Å²) < 4.78 is 0. The van der Waals surface area contributed by atoms with Gasteiger partial charge in [-0.05, 0) is 12.3 Å². The van der Waals surface area contributed by atoms with E-state index in [0.29, 0.717) is 12.8 Å². The van der Waals surface area contributed by atoms with Crippen LogP contribution in [0, 0.1) is 11.8 Å². The molecule has 1 fully saturated rings. The Morgan fingerprint density at radius 3 is 2.50 bits per heavy atom. The predicted octanol–water partition coefficient (Wildman–Crippen LogP) is 0.686. The number of carbonyl (C=O) groups is 2. The zero-order chi connectivity index (χ0) is 7.72. The van der Waals surface area contributed by atoms with Gasteiger partial charge in [-0.2, -0.15) is 0 Å². The fourth-order valence-corrected chi connectivity index (χ4v) is 1.34. The van der Waals surface area contributed by atoms with Gasteiger partial charge in [0.15, 0.2) is 0 Å². The number of Topliss-reactive ketones (excluding diaryl/α,β-unsaturated/α-hetero) is 1. The van der Waals surface area contributed by atoms with Crippen molar-refractivity contribution in [2.75, 3.05) is 0 Å². The van der Waals surface area contributed by atoms with Crippen LogP contribution in [0.2, 0.25) is 0 Å². The summed E-state index contributed by atoms with van der Waals surface area (Å²) in [6.45, 7) is 1.90. The van der Waals surface area contributed by atoms with Gasteiger partial charge in [-0.25, -0.2) is 0 Å². The molecule has 10 heavy (non-hydrogen) atoms. The Morgan fingerprint density at radius 1 is 1.70 bits per heavy atom. The van der Waals surface area contributed by atoms with Crippen LogP contribution in [0.5, 0.6) is 0 Å². The molecule has 0 heterocycles. The van der Waals surface area contributed by atoms with Crippen LogP contribution < -0.4 is 0 Å². The summed E-state index contributed by atoms with van der Waals surface area (Å²) in [6.07, 6.45) is 0.963. The number of rotatable bonds is 1. The average molecular weight is 142 g/mol. The Hall–Kier alpha value is -0.860. The number of aliphatic carboxylic acids is 1. The zero-order valence-electron chi connectivity index (χ0n) is 5.83. The minimum absolute atomic E-state index is 0.111. The number of carboxylic acids is 1. The highest BCUT2D eigenvalue weighted by Gasteiger charge is 2.34. The molecule has 0 spiro atoms. The van der Waals surface area contributed by atoms with Crippen LogP contribution in [0.4, 0.5) is 0 Å². The molecule has 2 unspecified atom stereocenters. The first kappa shape index (κ1) is 7.25. The Labute approximate surface area is 59.0 Å². The van der Waals surface area contributed by atoms with E-state index in [9.17, 15) is 9.59 Å². The lowest BCUT2D eigenvalue weighted by Gasteiger charge is -1.98. The van der Waals surface area contributed by atoms with Gasteiger partial charge in [0, 0.05) is 6.42 Å². The molecule has 56 valence electrons. The summed E-state index contributed by atoms with van der Waals surface area (Å²) >= 11 is 0. The molecule has 3 nitrogen and oxygen atoms in total. The van der Waals surface area contributed by atoms with E-state index in [1.165, 1.54) is 0 Å². The van der Waals surface area contributed by atoms with Crippen LogP contribution in [0.1, 0.15) is 19.8 Å². The molecular formula is C7H10O3. The standard InChI is InChI=1S/C7H10O3/c1-4-2-5(7(9)10)6(8)3-4/h4-5H,2-3H2,1H3,(H,9,10). The molecule has 0 radical (unpaired) electrons. The first-order valence-corrected chi connectivity index (χ1v) is 3.36. The van der Waals surface area contributed by atoms with Crippen LogP contribution in [0.3, 0.4) is 0 Å². The van der Waals surface area contributed by atoms with Gasteiger partial charge in [-0.15, -0.1) is 0 Å². The number of carbonyl (C=O) groups excluding carboxylic acids is 1. The Bertz CT molecular complexity index is 174. The van der Waals surface area contributed by atoms with Gasteiger partial charge in [0.2, 0.25) is 0 Å². The molecular weight excluding hydrogens is 132 g/mol. The van der Waals surface area contributed by atoms with Crippen molar-refractivity contribution in [1.29, 1.82) is 0 Å². The van der Waals surface area contributed by atoms with Crippen molar-refractivity contribution in [1.82, 2.24) is 0 Å². The smallest absolute Gasteiger partial charge is 0.314 e.